The number of hydrogen-bond donors (Lipinski definition) is 1. The maximum Gasteiger partial charge on any atom is -0.00258 e. The fourth-order valence-electron chi connectivity index (χ4n) is 1.81. The minimum absolute atomic E-state index is 1.19. The van der Waals surface area contributed by atoms with Gasteiger partial charge in [0.05, 0.1) is 0 Å². The maximum atomic E-state index is 3.28. The quantitative estimate of drug-likeness (QED) is 0.596. The van der Waals surface area contributed by atoms with Crippen LogP contribution in [-0.4, -0.2) is 13.1 Å². The minimum Gasteiger partial charge on any atom is -0.317 e. The first-order valence-electron chi connectivity index (χ1n) is 5.24. The van der Waals surface area contributed by atoms with E-state index < -0.39 is 0 Å². The molecule has 2 bridgehead atoms. The predicted molar refractivity (Wildman–Crippen MR) is 56.6 cm³/mol. The van der Waals surface area contributed by atoms with E-state index in [-0.39, 0.29) is 0 Å². The highest BCUT2D eigenvalue weighted by molar-refractivity contribution is 5.49. The summed E-state index contributed by atoms with van der Waals surface area (Å²) in [6.45, 7) is 2.50. The van der Waals surface area contributed by atoms with Crippen LogP contribution >= 0.6 is 0 Å². The summed E-state index contributed by atoms with van der Waals surface area (Å²) in [4.78, 5) is 0. The topological polar surface area (TPSA) is 12.0 Å². The zero-order valence-electron chi connectivity index (χ0n) is 8.05. The van der Waals surface area contributed by atoms with Gasteiger partial charge < -0.3 is 5.32 Å². The molecule has 1 heterocycles. The lowest BCUT2D eigenvalue weighted by atomic mass is 10.2. The molecule has 3 rings (SSSR count). The number of hydrogen-bond acceptors (Lipinski definition) is 1. The van der Waals surface area contributed by atoms with Gasteiger partial charge in [0, 0.05) is 0 Å². The molecule has 1 heteroatoms. The summed E-state index contributed by atoms with van der Waals surface area (Å²) < 4.78 is 0. The number of nitrogens with one attached hydrogen (secondary N) is 1. The summed E-state index contributed by atoms with van der Waals surface area (Å²) in [5, 5.41) is 3.28. The van der Waals surface area contributed by atoms with Crippen LogP contribution < -0.4 is 5.32 Å². The van der Waals surface area contributed by atoms with Crippen molar-refractivity contribution in [3.8, 4) is 0 Å². The Morgan fingerprint density at radius 2 is 1.46 bits per heavy atom. The Kier molecular flexibility index (Phi) is 2.98. The zero-order chi connectivity index (χ0) is 8.93. The molecule has 1 N–H and O–H groups in total. The first kappa shape index (κ1) is 8.76. The van der Waals surface area contributed by atoms with Crippen molar-refractivity contribution in [2.24, 2.45) is 0 Å². The summed E-state index contributed by atoms with van der Waals surface area (Å²) in [5.41, 5.74) is 2.94. The van der Waals surface area contributed by atoms with Gasteiger partial charge >= 0.3 is 0 Å². The molecule has 0 saturated carbocycles. The molecule has 1 nitrogen and oxygen atoms in total. The lowest BCUT2D eigenvalue weighted by Gasteiger charge is -2.08. The molecular weight excluding hydrogens is 158 g/mol. The van der Waals surface area contributed by atoms with Gasteiger partial charge in [-0.3, -0.25) is 0 Å². The van der Waals surface area contributed by atoms with Crippen molar-refractivity contribution < 1.29 is 0 Å². The second-order valence-electron chi connectivity index (χ2n) is 3.80. The fraction of sp³-hybridized carbons (Fsp3) is 0.500. The van der Waals surface area contributed by atoms with Crippen molar-refractivity contribution in [1.82, 2.24) is 5.32 Å². The zero-order valence-corrected chi connectivity index (χ0v) is 8.05. The number of allylic oxidation sites excluding steroid dienone is 6. The third-order valence-corrected chi connectivity index (χ3v) is 2.64. The minimum atomic E-state index is 1.19. The SMILES string of the molecule is C1=CC2=CC=C1C2.C1CCNCC1. The lowest BCUT2D eigenvalue weighted by Crippen LogP contribution is -2.21. The van der Waals surface area contributed by atoms with Crippen LogP contribution in [0, 0.1) is 0 Å². The van der Waals surface area contributed by atoms with Crippen molar-refractivity contribution in [3.05, 3.63) is 35.5 Å². The van der Waals surface area contributed by atoms with Gasteiger partial charge in [-0.15, -0.1) is 0 Å². The lowest BCUT2D eigenvalue weighted by molar-refractivity contribution is 0.520. The van der Waals surface area contributed by atoms with Crippen molar-refractivity contribution in [2.45, 2.75) is 25.7 Å². The Morgan fingerprint density at radius 3 is 1.62 bits per heavy atom. The van der Waals surface area contributed by atoms with Gasteiger partial charge in [-0.2, -0.15) is 0 Å². The molecule has 13 heavy (non-hydrogen) atoms. The van der Waals surface area contributed by atoms with Crippen LogP contribution in [0.4, 0.5) is 0 Å². The van der Waals surface area contributed by atoms with Crippen LogP contribution in [0.1, 0.15) is 25.7 Å². The molecule has 0 aromatic carbocycles. The Morgan fingerprint density at radius 1 is 0.846 bits per heavy atom. The predicted octanol–water partition coefficient (Wildman–Crippen LogP) is 2.57. The molecule has 0 aromatic rings. The number of piperidine rings is 1. The molecule has 0 amide bonds. The molecule has 1 fully saturated rings. The van der Waals surface area contributed by atoms with E-state index in [9.17, 15) is 0 Å². The summed E-state index contributed by atoms with van der Waals surface area (Å²) in [6.07, 6.45) is 14.1. The highest BCUT2D eigenvalue weighted by atomic mass is 14.9. The van der Waals surface area contributed by atoms with E-state index in [1.54, 1.807) is 0 Å². The molecule has 3 aliphatic rings. The average molecular weight is 175 g/mol. The van der Waals surface area contributed by atoms with E-state index in [1.807, 2.05) is 0 Å². The van der Waals surface area contributed by atoms with Crippen molar-refractivity contribution in [1.29, 1.82) is 0 Å². The highest BCUT2D eigenvalue weighted by Crippen LogP contribution is 2.27. The summed E-state index contributed by atoms with van der Waals surface area (Å²) in [7, 11) is 0. The third-order valence-electron chi connectivity index (χ3n) is 2.64. The van der Waals surface area contributed by atoms with Gasteiger partial charge in [-0.25, -0.2) is 0 Å². The van der Waals surface area contributed by atoms with Gasteiger partial charge in [0.15, 0.2) is 0 Å². The first-order chi connectivity index (χ1) is 6.45. The smallest absolute Gasteiger partial charge is 0.00258 e. The molecule has 70 valence electrons. The Hall–Kier alpha value is -0.820. The van der Waals surface area contributed by atoms with Crippen LogP contribution in [0.25, 0.3) is 0 Å². The molecule has 0 unspecified atom stereocenters. The molecule has 0 radical (unpaired) electrons. The molecule has 0 spiro atoms. The van der Waals surface area contributed by atoms with E-state index in [0.29, 0.717) is 0 Å². The fourth-order valence-corrected chi connectivity index (χ4v) is 1.81. The Labute approximate surface area is 80.2 Å². The highest BCUT2D eigenvalue weighted by Gasteiger charge is 2.07. The van der Waals surface area contributed by atoms with E-state index in [1.165, 1.54) is 49.9 Å². The maximum absolute atomic E-state index is 3.28. The van der Waals surface area contributed by atoms with Crippen LogP contribution in [0.15, 0.2) is 35.5 Å². The number of fused-ring (bicyclic) bond motifs is 2. The third kappa shape index (κ3) is 2.56. The van der Waals surface area contributed by atoms with Crippen molar-refractivity contribution in [3.63, 3.8) is 0 Å². The molecule has 0 atom stereocenters. The second kappa shape index (κ2) is 4.43. The van der Waals surface area contributed by atoms with Crippen molar-refractivity contribution >= 4 is 0 Å². The normalized spacial score (nSPS) is 23.4. The monoisotopic (exact) mass is 175 g/mol. The largest absolute Gasteiger partial charge is 0.317 e. The van der Waals surface area contributed by atoms with Crippen LogP contribution in [-0.2, 0) is 0 Å². The van der Waals surface area contributed by atoms with Gasteiger partial charge in [0.1, 0.15) is 0 Å². The Bertz CT molecular complexity index is 223. The molecule has 0 aromatic heterocycles. The van der Waals surface area contributed by atoms with Crippen molar-refractivity contribution in [2.75, 3.05) is 13.1 Å². The molecule has 1 saturated heterocycles. The van der Waals surface area contributed by atoms with E-state index >= 15 is 0 Å². The number of rotatable bonds is 0. The molecular formula is C12H17N. The van der Waals surface area contributed by atoms with E-state index in [2.05, 4.69) is 29.6 Å². The average Bonchev–Trinajstić information content (AvgIpc) is 2.85. The van der Waals surface area contributed by atoms with Crippen LogP contribution in [0.2, 0.25) is 0 Å². The van der Waals surface area contributed by atoms with Gasteiger partial charge in [0.2, 0.25) is 0 Å². The van der Waals surface area contributed by atoms with E-state index in [4.69, 9.17) is 0 Å². The summed E-state index contributed by atoms with van der Waals surface area (Å²) >= 11 is 0. The summed E-state index contributed by atoms with van der Waals surface area (Å²) in [5.74, 6) is 0. The Balaban J connectivity index is 0.000000102. The van der Waals surface area contributed by atoms with Crippen LogP contribution in [0.3, 0.4) is 0 Å². The van der Waals surface area contributed by atoms with Crippen LogP contribution in [0.5, 0.6) is 0 Å². The molecule has 1 aliphatic heterocycles. The van der Waals surface area contributed by atoms with Gasteiger partial charge in [-0.1, -0.05) is 30.7 Å². The first-order valence-corrected chi connectivity index (χ1v) is 5.24. The molecule has 2 aliphatic carbocycles. The second-order valence-corrected chi connectivity index (χ2v) is 3.80. The van der Waals surface area contributed by atoms with Gasteiger partial charge in [-0.05, 0) is 43.5 Å². The van der Waals surface area contributed by atoms with E-state index in [0.717, 1.165) is 0 Å². The summed E-state index contributed by atoms with van der Waals surface area (Å²) in [6, 6.07) is 0. The standard InChI is InChI=1S/C7H6.C5H11N/c1-2-7-4-3-6(1)5-7;1-2-4-6-5-3-1/h1-4H,5H2;6H,1-5H2. The van der Waals surface area contributed by atoms with Gasteiger partial charge in [0.25, 0.3) is 0 Å².